The fourth-order valence-corrected chi connectivity index (χ4v) is 2.21. The molecule has 2 rings (SSSR count). The van der Waals surface area contributed by atoms with E-state index >= 15 is 0 Å². The van der Waals surface area contributed by atoms with Crippen molar-refractivity contribution < 1.29 is 4.79 Å². The summed E-state index contributed by atoms with van der Waals surface area (Å²) in [5, 5.41) is 5.94. The molecule has 2 amide bonds. The van der Waals surface area contributed by atoms with E-state index in [2.05, 4.69) is 15.6 Å². The average molecular weight is 233 g/mol. The summed E-state index contributed by atoms with van der Waals surface area (Å²) in [4.78, 5) is 15.8. The van der Waals surface area contributed by atoms with Gasteiger partial charge in [0.1, 0.15) is 0 Å². The molecule has 1 aliphatic carbocycles. The predicted octanol–water partition coefficient (Wildman–Crippen LogP) is 2.38. The first-order chi connectivity index (χ1) is 8.25. The Bertz CT molecular complexity index is 360. The van der Waals surface area contributed by atoms with E-state index in [4.69, 9.17) is 0 Å². The van der Waals surface area contributed by atoms with Gasteiger partial charge in [-0.1, -0.05) is 18.9 Å². The van der Waals surface area contributed by atoms with Crippen molar-refractivity contribution in [2.75, 3.05) is 0 Å². The van der Waals surface area contributed by atoms with Gasteiger partial charge < -0.3 is 10.6 Å². The van der Waals surface area contributed by atoms with Crippen molar-refractivity contribution in [1.82, 2.24) is 15.6 Å². The Labute approximate surface area is 102 Å². The molecule has 1 atom stereocenters. The van der Waals surface area contributed by atoms with Crippen LogP contribution in [0.2, 0.25) is 0 Å². The van der Waals surface area contributed by atoms with Crippen LogP contribution in [0.3, 0.4) is 0 Å². The maximum atomic E-state index is 11.7. The van der Waals surface area contributed by atoms with Crippen LogP contribution in [0.4, 0.5) is 4.79 Å². The molecule has 0 unspecified atom stereocenters. The molecular formula is C13H19N3O. The van der Waals surface area contributed by atoms with Gasteiger partial charge in [-0.15, -0.1) is 0 Å². The maximum Gasteiger partial charge on any atom is 0.315 e. The van der Waals surface area contributed by atoms with E-state index in [1.807, 2.05) is 19.1 Å². The molecule has 4 heteroatoms. The zero-order valence-electron chi connectivity index (χ0n) is 10.1. The first kappa shape index (κ1) is 11.9. The molecule has 1 heterocycles. The summed E-state index contributed by atoms with van der Waals surface area (Å²) in [6.45, 7) is 1.96. The molecular weight excluding hydrogens is 214 g/mol. The molecule has 0 saturated heterocycles. The number of hydrogen-bond acceptors (Lipinski definition) is 2. The summed E-state index contributed by atoms with van der Waals surface area (Å²) in [6.07, 6.45) is 8.17. The minimum absolute atomic E-state index is 0.00916. The van der Waals surface area contributed by atoms with Crippen LogP contribution in [0, 0.1) is 0 Å². The van der Waals surface area contributed by atoms with E-state index in [-0.39, 0.29) is 12.1 Å². The van der Waals surface area contributed by atoms with E-state index in [1.54, 1.807) is 12.4 Å². The molecule has 1 fully saturated rings. The summed E-state index contributed by atoms with van der Waals surface area (Å²) in [5.74, 6) is 0. The topological polar surface area (TPSA) is 54.0 Å². The molecule has 1 aliphatic rings. The van der Waals surface area contributed by atoms with Crippen LogP contribution in [-0.4, -0.2) is 17.1 Å². The van der Waals surface area contributed by atoms with Gasteiger partial charge in [0.25, 0.3) is 0 Å². The number of aromatic nitrogens is 1. The molecule has 2 N–H and O–H groups in total. The Morgan fingerprint density at radius 2 is 2.24 bits per heavy atom. The second-order valence-corrected chi connectivity index (χ2v) is 4.61. The highest BCUT2D eigenvalue weighted by atomic mass is 16.2. The van der Waals surface area contributed by atoms with Gasteiger partial charge in [-0.2, -0.15) is 0 Å². The van der Waals surface area contributed by atoms with Crippen LogP contribution in [0.1, 0.15) is 44.2 Å². The second kappa shape index (κ2) is 5.66. The van der Waals surface area contributed by atoms with E-state index in [0.717, 1.165) is 18.4 Å². The van der Waals surface area contributed by atoms with E-state index in [0.29, 0.717) is 6.04 Å². The normalized spacial score (nSPS) is 17.7. The number of hydrogen-bond donors (Lipinski definition) is 2. The molecule has 0 aliphatic heterocycles. The third-order valence-electron chi connectivity index (χ3n) is 3.22. The molecule has 0 radical (unpaired) electrons. The van der Waals surface area contributed by atoms with Gasteiger partial charge in [-0.25, -0.2) is 4.79 Å². The molecule has 17 heavy (non-hydrogen) atoms. The molecule has 1 aromatic rings. The molecule has 92 valence electrons. The van der Waals surface area contributed by atoms with Gasteiger partial charge in [0.05, 0.1) is 6.04 Å². The zero-order valence-corrected chi connectivity index (χ0v) is 10.1. The van der Waals surface area contributed by atoms with Crippen molar-refractivity contribution in [2.24, 2.45) is 0 Å². The number of amides is 2. The number of nitrogens with zero attached hydrogens (tertiary/aromatic N) is 1. The van der Waals surface area contributed by atoms with Gasteiger partial charge in [0.15, 0.2) is 0 Å². The predicted molar refractivity (Wildman–Crippen MR) is 66.6 cm³/mol. The highest BCUT2D eigenvalue weighted by molar-refractivity contribution is 5.74. The van der Waals surface area contributed by atoms with Gasteiger partial charge in [0, 0.05) is 18.4 Å². The first-order valence-electron chi connectivity index (χ1n) is 6.22. The van der Waals surface area contributed by atoms with Crippen molar-refractivity contribution in [3.8, 4) is 0 Å². The Hall–Kier alpha value is -1.58. The number of carbonyl (C=O) groups is 1. The summed E-state index contributed by atoms with van der Waals surface area (Å²) in [5.41, 5.74) is 1.02. The highest BCUT2D eigenvalue weighted by Gasteiger charge is 2.18. The quantitative estimate of drug-likeness (QED) is 0.842. The number of nitrogens with one attached hydrogen (secondary N) is 2. The Kier molecular flexibility index (Phi) is 3.96. The maximum absolute atomic E-state index is 11.7. The van der Waals surface area contributed by atoms with E-state index < -0.39 is 0 Å². The third kappa shape index (κ3) is 3.44. The SMILES string of the molecule is C[C@H](NC(=O)NC1CCCC1)c1cccnc1. The fourth-order valence-electron chi connectivity index (χ4n) is 2.21. The van der Waals surface area contributed by atoms with Crippen molar-refractivity contribution in [1.29, 1.82) is 0 Å². The van der Waals surface area contributed by atoms with Gasteiger partial charge in [-0.3, -0.25) is 4.98 Å². The first-order valence-corrected chi connectivity index (χ1v) is 6.22. The minimum Gasteiger partial charge on any atom is -0.335 e. The zero-order chi connectivity index (χ0) is 12.1. The van der Waals surface area contributed by atoms with Crippen molar-refractivity contribution in [3.63, 3.8) is 0 Å². The lowest BCUT2D eigenvalue weighted by molar-refractivity contribution is 0.234. The Morgan fingerprint density at radius 3 is 2.88 bits per heavy atom. The molecule has 1 aromatic heterocycles. The van der Waals surface area contributed by atoms with Crippen molar-refractivity contribution in [3.05, 3.63) is 30.1 Å². The summed E-state index contributed by atoms with van der Waals surface area (Å²) >= 11 is 0. The Balaban J connectivity index is 1.81. The molecule has 1 saturated carbocycles. The molecule has 0 aromatic carbocycles. The Morgan fingerprint density at radius 1 is 1.47 bits per heavy atom. The lowest BCUT2D eigenvalue weighted by Crippen LogP contribution is -2.41. The van der Waals surface area contributed by atoms with Crippen LogP contribution in [-0.2, 0) is 0 Å². The smallest absolute Gasteiger partial charge is 0.315 e. The van der Waals surface area contributed by atoms with Crippen LogP contribution >= 0.6 is 0 Å². The van der Waals surface area contributed by atoms with Crippen LogP contribution in [0.25, 0.3) is 0 Å². The fraction of sp³-hybridized carbons (Fsp3) is 0.538. The van der Waals surface area contributed by atoms with Crippen molar-refractivity contribution >= 4 is 6.03 Å². The monoisotopic (exact) mass is 233 g/mol. The van der Waals surface area contributed by atoms with Gasteiger partial charge in [0.2, 0.25) is 0 Å². The van der Waals surface area contributed by atoms with Crippen LogP contribution in [0.5, 0.6) is 0 Å². The molecule has 4 nitrogen and oxygen atoms in total. The number of urea groups is 1. The number of rotatable bonds is 3. The summed E-state index contributed by atoms with van der Waals surface area (Å²) in [7, 11) is 0. The molecule has 0 spiro atoms. The standard InChI is InChI=1S/C13H19N3O/c1-10(11-5-4-8-14-9-11)15-13(17)16-12-6-2-3-7-12/h4-5,8-10,12H,2-3,6-7H2,1H3,(H2,15,16,17)/t10-/m0/s1. The van der Waals surface area contributed by atoms with Crippen LogP contribution in [0.15, 0.2) is 24.5 Å². The second-order valence-electron chi connectivity index (χ2n) is 4.61. The minimum atomic E-state index is -0.0757. The van der Waals surface area contributed by atoms with Gasteiger partial charge >= 0.3 is 6.03 Å². The number of carbonyl (C=O) groups excluding carboxylic acids is 1. The summed E-state index contributed by atoms with van der Waals surface area (Å²) in [6, 6.07) is 4.12. The lowest BCUT2D eigenvalue weighted by Gasteiger charge is -2.17. The molecule has 0 bridgehead atoms. The lowest BCUT2D eigenvalue weighted by atomic mass is 10.1. The highest BCUT2D eigenvalue weighted by Crippen LogP contribution is 2.17. The summed E-state index contributed by atoms with van der Waals surface area (Å²) < 4.78 is 0. The van der Waals surface area contributed by atoms with E-state index in [9.17, 15) is 4.79 Å². The third-order valence-corrected chi connectivity index (χ3v) is 3.22. The van der Waals surface area contributed by atoms with Crippen molar-refractivity contribution in [2.45, 2.75) is 44.7 Å². The largest absolute Gasteiger partial charge is 0.335 e. The van der Waals surface area contributed by atoms with E-state index in [1.165, 1.54) is 12.8 Å². The van der Waals surface area contributed by atoms with Gasteiger partial charge in [-0.05, 0) is 31.4 Å². The average Bonchev–Trinajstić information content (AvgIpc) is 2.82. The van der Waals surface area contributed by atoms with Crippen LogP contribution < -0.4 is 10.6 Å². The number of pyridine rings is 1.